The highest BCUT2D eigenvalue weighted by Crippen LogP contribution is 2.02. The van der Waals surface area contributed by atoms with Crippen LogP contribution >= 0.6 is 0 Å². The van der Waals surface area contributed by atoms with E-state index in [1.54, 1.807) is 0 Å². The van der Waals surface area contributed by atoms with E-state index in [1.807, 2.05) is 0 Å². The molecule has 0 aromatic carbocycles. The lowest BCUT2D eigenvalue weighted by molar-refractivity contribution is 0.190. The van der Waals surface area contributed by atoms with Gasteiger partial charge in [0.25, 0.3) is 0 Å². The van der Waals surface area contributed by atoms with Crippen molar-refractivity contribution in [1.29, 1.82) is 0 Å². The molecule has 1 aliphatic rings. The summed E-state index contributed by atoms with van der Waals surface area (Å²) in [5.41, 5.74) is 0. The van der Waals surface area contributed by atoms with Crippen LogP contribution in [-0.4, -0.2) is 51.3 Å². The number of nitrogens with one attached hydrogen (secondary N) is 1. The molecule has 0 spiro atoms. The van der Waals surface area contributed by atoms with E-state index in [0.717, 1.165) is 19.8 Å². The van der Waals surface area contributed by atoms with Gasteiger partial charge in [0.2, 0.25) is 0 Å². The van der Waals surface area contributed by atoms with Crippen LogP contribution < -0.4 is 5.32 Å². The summed E-state index contributed by atoms with van der Waals surface area (Å²) in [7, 11) is 4.22. The van der Waals surface area contributed by atoms with Gasteiger partial charge in [-0.15, -0.1) is 0 Å². The summed E-state index contributed by atoms with van der Waals surface area (Å²) < 4.78 is 5.26. The third kappa shape index (κ3) is 4.04. The van der Waals surface area contributed by atoms with Gasteiger partial charge < -0.3 is 15.0 Å². The zero-order chi connectivity index (χ0) is 8.81. The van der Waals surface area contributed by atoms with Crippen LogP contribution in [0, 0.1) is 0 Å². The molecule has 1 rings (SSSR count). The molecule has 0 aromatic rings. The summed E-state index contributed by atoms with van der Waals surface area (Å²) in [6.07, 6.45) is 2.41. The van der Waals surface area contributed by atoms with Crippen LogP contribution in [-0.2, 0) is 4.74 Å². The molecule has 1 fully saturated rings. The van der Waals surface area contributed by atoms with Crippen molar-refractivity contribution in [2.24, 2.45) is 0 Å². The molecule has 0 aromatic heterocycles. The van der Waals surface area contributed by atoms with E-state index in [-0.39, 0.29) is 0 Å². The molecule has 0 amide bonds. The molecule has 1 atom stereocenters. The molecule has 3 heteroatoms. The fourth-order valence-corrected chi connectivity index (χ4v) is 1.40. The second-order valence-electron chi connectivity index (χ2n) is 3.67. The van der Waals surface area contributed by atoms with Gasteiger partial charge in [-0.3, -0.25) is 0 Å². The lowest BCUT2D eigenvalue weighted by Crippen LogP contribution is -2.31. The standard InChI is InChI=1S/C9H20N2O/c1-11(2)6-3-5-10-9-4-7-12-8-9/h9-10H,3-8H2,1-2H3. The summed E-state index contributed by atoms with van der Waals surface area (Å²) >= 11 is 0. The zero-order valence-electron chi connectivity index (χ0n) is 8.18. The van der Waals surface area contributed by atoms with Crippen molar-refractivity contribution in [3.63, 3.8) is 0 Å². The van der Waals surface area contributed by atoms with Gasteiger partial charge in [0, 0.05) is 12.6 Å². The third-order valence-electron chi connectivity index (χ3n) is 2.14. The highest BCUT2D eigenvalue weighted by Gasteiger charge is 2.13. The normalized spacial score (nSPS) is 23.8. The van der Waals surface area contributed by atoms with E-state index in [2.05, 4.69) is 24.3 Å². The van der Waals surface area contributed by atoms with Crippen molar-refractivity contribution < 1.29 is 4.74 Å². The molecule has 1 N–H and O–H groups in total. The van der Waals surface area contributed by atoms with E-state index in [1.165, 1.54) is 19.4 Å². The van der Waals surface area contributed by atoms with Crippen molar-refractivity contribution in [2.75, 3.05) is 40.4 Å². The Morgan fingerprint density at radius 1 is 1.50 bits per heavy atom. The molecular weight excluding hydrogens is 152 g/mol. The van der Waals surface area contributed by atoms with Crippen LogP contribution in [0.25, 0.3) is 0 Å². The molecule has 1 unspecified atom stereocenters. The Labute approximate surface area is 75.1 Å². The van der Waals surface area contributed by atoms with Crippen molar-refractivity contribution >= 4 is 0 Å². The quantitative estimate of drug-likeness (QED) is 0.604. The maximum absolute atomic E-state index is 5.26. The molecule has 1 heterocycles. The molecule has 0 radical (unpaired) electrons. The van der Waals surface area contributed by atoms with Crippen molar-refractivity contribution in [2.45, 2.75) is 18.9 Å². The average molecular weight is 172 g/mol. The lowest BCUT2D eigenvalue weighted by atomic mass is 10.2. The highest BCUT2D eigenvalue weighted by molar-refractivity contribution is 4.70. The molecule has 3 nitrogen and oxygen atoms in total. The molecule has 1 aliphatic heterocycles. The Hall–Kier alpha value is -0.120. The molecular formula is C9H20N2O. The van der Waals surface area contributed by atoms with Gasteiger partial charge in [-0.1, -0.05) is 0 Å². The number of nitrogens with zero attached hydrogens (tertiary/aromatic N) is 1. The molecule has 0 aliphatic carbocycles. The fourth-order valence-electron chi connectivity index (χ4n) is 1.40. The summed E-state index contributed by atoms with van der Waals surface area (Å²) in [6.45, 7) is 4.13. The van der Waals surface area contributed by atoms with Crippen LogP contribution in [0.15, 0.2) is 0 Å². The van der Waals surface area contributed by atoms with Gasteiger partial charge >= 0.3 is 0 Å². The second kappa shape index (κ2) is 5.51. The van der Waals surface area contributed by atoms with Gasteiger partial charge in [-0.25, -0.2) is 0 Å². The number of ether oxygens (including phenoxy) is 1. The van der Waals surface area contributed by atoms with Gasteiger partial charge in [0.15, 0.2) is 0 Å². The minimum absolute atomic E-state index is 0.618. The SMILES string of the molecule is CN(C)CCCNC1CCOC1. The third-order valence-corrected chi connectivity index (χ3v) is 2.14. The van der Waals surface area contributed by atoms with Gasteiger partial charge in [-0.2, -0.15) is 0 Å². The molecule has 72 valence electrons. The first kappa shape index (κ1) is 9.96. The van der Waals surface area contributed by atoms with Gasteiger partial charge in [-0.05, 0) is 40.0 Å². The number of hydrogen-bond acceptors (Lipinski definition) is 3. The number of hydrogen-bond donors (Lipinski definition) is 1. The lowest BCUT2D eigenvalue weighted by Gasteiger charge is -2.12. The summed E-state index contributed by atoms with van der Waals surface area (Å²) in [5.74, 6) is 0. The topological polar surface area (TPSA) is 24.5 Å². The zero-order valence-corrected chi connectivity index (χ0v) is 8.18. The average Bonchev–Trinajstić information content (AvgIpc) is 2.49. The Morgan fingerprint density at radius 2 is 2.33 bits per heavy atom. The Kier molecular flexibility index (Phi) is 4.58. The molecule has 1 saturated heterocycles. The summed E-state index contributed by atoms with van der Waals surface area (Å²) in [5, 5.41) is 3.49. The van der Waals surface area contributed by atoms with Crippen molar-refractivity contribution in [3.05, 3.63) is 0 Å². The fraction of sp³-hybridized carbons (Fsp3) is 1.00. The van der Waals surface area contributed by atoms with Crippen LogP contribution in [0.1, 0.15) is 12.8 Å². The monoisotopic (exact) mass is 172 g/mol. The first-order valence-corrected chi connectivity index (χ1v) is 4.75. The first-order valence-electron chi connectivity index (χ1n) is 4.75. The maximum Gasteiger partial charge on any atom is 0.0620 e. The molecule has 0 saturated carbocycles. The summed E-state index contributed by atoms with van der Waals surface area (Å²) in [4.78, 5) is 2.22. The Balaban J connectivity index is 1.88. The maximum atomic E-state index is 5.26. The molecule has 0 bridgehead atoms. The Bertz CT molecular complexity index is 111. The van der Waals surface area contributed by atoms with Crippen LogP contribution in [0.2, 0.25) is 0 Å². The van der Waals surface area contributed by atoms with E-state index in [0.29, 0.717) is 6.04 Å². The summed E-state index contributed by atoms with van der Waals surface area (Å²) in [6, 6.07) is 0.618. The van der Waals surface area contributed by atoms with E-state index < -0.39 is 0 Å². The van der Waals surface area contributed by atoms with Crippen molar-refractivity contribution in [1.82, 2.24) is 10.2 Å². The first-order chi connectivity index (χ1) is 5.79. The highest BCUT2D eigenvalue weighted by atomic mass is 16.5. The van der Waals surface area contributed by atoms with Crippen LogP contribution in [0.3, 0.4) is 0 Å². The van der Waals surface area contributed by atoms with Crippen LogP contribution in [0.4, 0.5) is 0 Å². The van der Waals surface area contributed by atoms with E-state index >= 15 is 0 Å². The van der Waals surface area contributed by atoms with E-state index in [4.69, 9.17) is 4.74 Å². The predicted molar refractivity (Wildman–Crippen MR) is 50.4 cm³/mol. The smallest absolute Gasteiger partial charge is 0.0620 e. The van der Waals surface area contributed by atoms with Crippen LogP contribution in [0.5, 0.6) is 0 Å². The van der Waals surface area contributed by atoms with E-state index in [9.17, 15) is 0 Å². The second-order valence-corrected chi connectivity index (χ2v) is 3.67. The number of rotatable bonds is 5. The minimum Gasteiger partial charge on any atom is -0.380 e. The Morgan fingerprint density at radius 3 is 2.92 bits per heavy atom. The molecule has 12 heavy (non-hydrogen) atoms. The minimum atomic E-state index is 0.618. The van der Waals surface area contributed by atoms with Gasteiger partial charge in [0.05, 0.1) is 6.61 Å². The van der Waals surface area contributed by atoms with Gasteiger partial charge in [0.1, 0.15) is 0 Å². The van der Waals surface area contributed by atoms with Crippen molar-refractivity contribution in [3.8, 4) is 0 Å². The predicted octanol–water partition coefficient (Wildman–Crippen LogP) is 0.317. The largest absolute Gasteiger partial charge is 0.380 e.